The van der Waals surface area contributed by atoms with Crippen molar-refractivity contribution in [3.8, 4) is 16.9 Å². The summed E-state index contributed by atoms with van der Waals surface area (Å²) < 4.78 is 38.6. The van der Waals surface area contributed by atoms with Gasteiger partial charge in [-0.2, -0.15) is 0 Å². The third-order valence-corrected chi connectivity index (χ3v) is 5.48. The van der Waals surface area contributed by atoms with Crippen molar-refractivity contribution in [2.24, 2.45) is 0 Å². The molecule has 1 aromatic heterocycles. The Morgan fingerprint density at radius 3 is 2.54 bits per heavy atom. The maximum atomic E-state index is 14.2. The molecule has 0 fully saturated rings. The highest BCUT2D eigenvalue weighted by Gasteiger charge is 2.17. The van der Waals surface area contributed by atoms with Crippen molar-refractivity contribution < 1.29 is 12.8 Å². The molecule has 0 aliphatic heterocycles. The Morgan fingerprint density at radius 2 is 1.92 bits per heavy atom. The Kier molecular flexibility index (Phi) is 4.33. The first-order valence-electron chi connectivity index (χ1n) is 6.74. The minimum atomic E-state index is -3.65. The van der Waals surface area contributed by atoms with E-state index in [1.165, 1.54) is 16.7 Å². The van der Waals surface area contributed by atoms with Crippen LogP contribution >= 0.6 is 22.9 Å². The van der Waals surface area contributed by atoms with Crippen LogP contribution in [0.5, 0.6) is 0 Å². The van der Waals surface area contributed by atoms with E-state index in [0.29, 0.717) is 22.0 Å². The first kappa shape index (κ1) is 16.9. The second kappa shape index (κ2) is 6.16. The first-order chi connectivity index (χ1) is 11.3. The fourth-order valence-electron chi connectivity index (χ4n) is 2.33. The van der Waals surface area contributed by atoms with E-state index < -0.39 is 15.7 Å². The van der Waals surface area contributed by atoms with Crippen molar-refractivity contribution >= 4 is 32.8 Å². The Morgan fingerprint density at radius 1 is 1.17 bits per heavy atom. The molecule has 0 saturated heterocycles. The number of hydrogen-bond acceptors (Lipinski definition) is 4. The van der Waals surface area contributed by atoms with Gasteiger partial charge in [0.25, 0.3) is 0 Å². The summed E-state index contributed by atoms with van der Waals surface area (Å²) in [6, 6.07) is 10.5. The molecule has 0 unspecified atom stereocenters. The fraction of sp³-hybridized carbons (Fsp3) is 0.0625. The zero-order valence-electron chi connectivity index (χ0n) is 12.4. The van der Waals surface area contributed by atoms with Gasteiger partial charge in [0, 0.05) is 22.2 Å². The smallest absolute Gasteiger partial charge is 0.267 e. The zero-order chi connectivity index (χ0) is 17.5. The minimum Gasteiger partial charge on any atom is -0.267 e. The summed E-state index contributed by atoms with van der Waals surface area (Å²) in [5.74, 6) is -0.855. The second-order valence-electron chi connectivity index (χ2n) is 5.12. The lowest BCUT2D eigenvalue weighted by atomic mass is 10.1. The number of thiazole rings is 1. The molecule has 24 heavy (non-hydrogen) atoms. The Balaban J connectivity index is 2.19. The number of halogens is 2. The number of aromatic nitrogens is 1. The van der Waals surface area contributed by atoms with Crippen molar-refractivity contribution in [3.05, 3.63) is 68.4 Å². The van der Waals surface area contributed by atoms with Gasteiger partial charge in [-0.25, -0.2) is 12.8 Å². The third-order valence-electron chi connectivity index (χ3n) is 3.39. The molecule has 4 nitrogen and oxygen atoms in total. The van der Waals surface area contributed by atoms with Crippen LogP contribution in [-0.4, -0.2) is 19.2 Å². The predicted octanol–water partition coefficient (Wildman–Crippen LogP) is 3.76. The van der Waals surface area contributed by atoms with Gasteiger partial charge in [0.15, 0.2) is 9.84 Å². The van der Waals surface area contributed by atoms with E-state index in [0.717, 1.165) is 23.7 Å². The van der Waals surface area contributed by atoms with Crippen LogP contribution in [0.3, 0.4) is 0 Å². The fourth-order valence-corrected chi connectivity index (χ4v) is 4.00. The summed E-state index contributed by atoms with van der Waals surface area (Å²) in [5, 5.41) is 2.06. The van der Waals surface area contributed by atoms with Crippen molar-refractivity contribution in [1.29, 1.82) is 0 Å². The van der Waals surface area contributed by atoms with E-state index in [9.17, 15) is 17.6 Å². The number of benzene rings is 2. The van der Waals surface area contributed by atoms with Gasteiger partial charge < -0.3 is 0 Å². The van der Waals surface area contributed by atoms with Crippen molar-refractivity contribution in [1.82, 2.24) is 4.57 Å². The monoisotopic (exact) mass is 383 g/mol. The molecule has 0 radical (unpaired) electrons. The van der Waals surface area contributed by atoms with Gasteiger partial charge in [0.1, 0.15) is 10.7 Å². The first-order valence-corrected chi connectivity index (χ1v) is 9.89. The van der Waals surface area contributed by atoms with Crippen LogP contribution in [0.2, 0.25) is 5.02 Å². The lowest BCUT2D eigenvalue weighted by Gasteiger charge is -2.09. The quantitative estimate of drug-likeness (QED) is 0.692. The minimum absolute atomic E-state index is 0.250. The predicted molar refractivity (Wildman–Crippen MR) is 93.4 cm³/mol. The van der Waals surface area contributed by atoms with Crippen LogP contribution in [0.1, 0.15) is 0 Å². The van der Waals surface area contributed by atoms with Crippen LogP contribution in [0.15, 0.2) is 57.5 Å². The van der Waals surface area contributed by atoms with Gasteiger partial charge in [0.05, 0.1) is 11.4 Å². The molecule has 3 rings (SSSR count). The molecule has 1 heterocycles. The molecule has 0 saturated carbocycles. The molecule has 2 aromatic carbocycles. The van der Waals surface area contributed by atoms with Crippen molar-refractivity contribution in [2.75, 3.05) is 6.26 Å². The topological polar surface area (TPSA) is 56.1 Å². The molecule has 0 aliphatic rings. The Bertz CT molecular complexity index is 1090. The molecule has 0 spiro atoms. The highest BCUT2D eigenvalue weighted by Crippen LogP contribution is 2.27. The Hall–Kier alpha value is -1.96. The lowest BCUT2D eigenvalue weighted by Crippen LogP contribution is -2.12. The van der Waals surface area contributed by atoms with Crippen LogP contribution < -0.4 is 4.87 Å². The lowest BCUT2D eigenvalue weighted by molar-refractivity contribution is 0.571. The summed E-state index contributed by atoms with van der Waals surface area (Å²) in [4.78, 5) is 11.6. The van der Waals surface area contributed by atoms with Crippen LogP contribution in [0.4, 0.5) is 4.39 Å². The van der Waals surface area contributed by atoms with Crippen molar-refractivity contribution in [3.63, 3.8) is 0 Å². The van der Waals surface area contributed by atoms with E-state index in [-0.39, 0.29) is 9.77 Å². The van der Waals surface area contributed by atoms with E-state index >= 15 is 0 Å². The largest absolute Gasteiger partial charge is 0.312 e. The van der Waals surface area contributed by atoms with Crippen LogP contribution in [0.25, 0.3) is 16.9 Å². The third kappa shape index (κ3) is 3.15. The number of hydrogen-bond donors (Lipinski definition) is 0. The highest BCUT2D eigenvalue weighted by atomic mass is 35.5. The Labute approximate surface area is 146 Å². The number of sulfone groups is 1. The second-order valence-corrected chi connectivity index (χ2v) is 8.36. The van der Waals surface area contributed by atoms with Gasteiger partial charge in [-0.15, -0.1) is 0 Å². The summed E-state index contributed by atoms with van der Waals surface area (Å²) in [6.45, 7) is 0. The van der Waals surface area contributed by atoms with Gasteiger partial charge in [0.2, 0.25) is 0 Å². The van der Waals surface area contributed by atoms with Gasteiger partial charge >= 0.3 is 4.87 Å². The van der Waals surface area contributed by atoms with Crippen LogP contribution in [-0.2, 0) is 9.84 Å². The van der Waals surface area contributed by atoms with Gasteiger partial charge in [-0.05, 0) is 30.3 Å². The van der Waals surface area contributed by atoms with E-state index in [1.807, 2.05) is 0 Å². The van der Waals surface area contributed by atoms with Crippen molar-refractivity contribution in [2.45, 2.75) is 4.90 Å². The van der Waals surface area contributed by atoms with Crippen LogP contribution in [0, 0.1) is 5.82 Å². The average Bonchev–Trinajstić information content (AvgIpc) is 2.87. The van der Waals surface area contributed by atoms with E-state index in [1.54, 1.807) is 29.6 Å². The molecule has 124 valence electrons. The standard InChI is InChI=1S/C16H11ClFNO3S2/c1-24(21,22)15-6-5-10(7-13(15)18)14-9-23-16(20)19(14)12-4-2-3-11(17)8-12/h2-9H,1H3. The molecule has 3 aromatic rings. The molecular weight excluding hydrogens is 373 g/mol. The molecule has 0 atom stereocenters. The molecule has 0 N–H and O–H groups in total. The molecule has 0 aliphatic carbocycles. The summed E-state index contributed by atoms with van der Waals surface area (Å²) in [5.41, 5.74) is 1.42. The summed E-state index contributed by atoms with van der Waals surface area (Å²) in [7, 11) is -3.65. The molecule has 8 heteroatoms. The average molecular weight is 384 g/mol. The number of nitrogens with zero attached hydrogens (tertiary/aromatic N) is 1. The summed E-state index contributed by atoms with van der Waals surface area (Å²) >= 11 is 6.94. The van der Waals surface area contributed by atoms with Gasteiger partial charge in [-0.1, -0.05) is 35.1 Å². The maximum absolute atomic E-state index is 14.2. The molecular formula is C16H11ClFNO3S2. The van der Waals surface area contributed by atoms with E-state index in [2.05, 4.69) is 0 Å². The highest BCUT2D eigenvalue weighted by molar-refractivity contribution is 7.90. The van der Waals surface area contributed by atoms with E-state index in [4.69, 9.17) is 11.6 Å². The van der Waals surface area contributed by atoms with Gasteiger partial charge in [-0.3, -0.25) is 9.36 Å². The molecule has 0 amide bonds. The maximum Gasteiger partial charge on any atom is 0.312 e. The molecule has 0 bridgehead atoms. The zero-order valence-corrected chi connectivity index (χ0v) is 14.8. The number of rotatable bonds is 3. The summed E-state index contributed by atoms with van der Waals surface area (Å²) in [6.07, 6.45) is 0.942. The SMILES string of the molecule is CS(=O)(=O)c1ccc(-c2csc(=O)n2-c2cccc(Cl)c2)cc1F. The normalized spacial score (nSPS) is 11.6.